The van der Waals surface area contributed by atoms with Crippen molar-refractivity contribution in [1.29, 1.82) is 0 Å². The molecular formula is C20H18ClN3O4. The molecule has 2 heterocycles. The first-order valence-electron chi connectivity index (χ1n) is 8.98. The van der Waals surface area contributed by atoms with Crippen molar-refractivity contribution >= 4 is 40.2 Å². The number of benzene rings is 2. The van der Waals surface area contributed by atoms with Crippen molar-refractivity contribution in [3.05, 3.63) is 63.6 Å². The number of piperidine rings is 1. The third kappa shape index (κ3) is 3.80. The minimum Gasteiger partial charge on any atom is -0.408 e. The minimum atomic E-state index is -0.540. The quantitative estimate of drug-likeness (QED) is 0.706. The van der Waals surface area contributed by atoms with Gasteiger partial charge in [0.1, 0.15) is 0 Å². The predicted molar refractivity (Wildman–Crippen MR) is 106 cm³/mol. The maximum Gasteiger partial charge on any atom is 0.417 e. The molecule has 4 rings (SSSR count). The number of H-pyrrole nitrogens is 1. The maximum absolute atomic E-state index is 12.7. The topological polar surface area (TPSA) is 95.4 Å². The van der Waals surface area contributed by atoms with E-state index in [0.717, 1.165) is 6.42 Å². The van der Waals surface area contributed by atoms with Gasteiger partial charge < -0.3 is 14.6 Å². The standard InChI is InChI=1S/C20H18ClN3O4/c21-14-5-3-12(4-6-14)19(26)24-9-1-2-13(11-24)18(25)22-15-7-8-17-16(10-15)23-20(27)28-17/h3-8,10,13H,1-2,9,11H2,(H,22,25)(H,23,27). The highest BCUT2D eigenvalue weighted by molar-refractivity contribution is 6.30. The molecule has 2 aromatic carbocycles. The first-order chi connectivity index (χ1) is 13.5. The van der Waals surface area contributed by atoms with Crippen LogP contribution in [0.2, 0.25) is 5.02 Å². The molecule has 1 aliphatic rings. The summed E-state index contributed by atoms with van der Waals surface area (Å²) in [5.74, 6) is -1.10. The molecule has 1 aliphatic heterocycles. The monoisotopic (exact) mass is 399 g/mol. The van der Waals surface area contributed by atoms with E-state index in [1.807, 2.05) is 0 Å². The van der Waals surface area contributed by atoms with E-state index in [2.05, 4.69) is 10.3 Å². The smallest absolute Gasteiger partial charge is 0.408 e. The van der Waals surface area contributed by atoms with Gasteiger partial charge in [-0.05, 0) is 55.3 Å². The average Bonchev–Trinajstić information content (AvgIpc) is 3.07. The summed E-state index contributed by atoms with van der Waals surface area (Å²) in [6, 6.07) is 11.7. The van der Waals surface area contributed by atoms with Crippen LogP contribution in [0.4, 0.5) is 5.69 Å². The van der Waals surface area contributed by atoms with Crippen LogP contribution >= 0.6 is 11.6 Å². The number of hydrogen-bond acceptors (Lipinski definition) is 4. The number of aromatic nitrogens is 1. The highest BCUT2D eigenvalue weighted by Crippen LogP contribution is 2.22. The summed E-state index contributed by atoms with van der Waals surface area (Å²) in [5, 5.41) is 3.43. The highest BCUT2D eigenvalue weighted by atomic mass is 35.5. The van der Waals surface area contributed by atoms with Crippen LogP contribution < -0.4 is 11.1 Å². The van der Waals surface area contributed by atoms with E-state index in [1.165, 1.54) is 0 Å². The normalized spacial score (nSPS) is 16.9. The van der Waals surface area contributed by atoms with Crippen molar-refractivity contribution in [3.63, 3.8) is 0 Å². The summed E-state index contributed by atoms with van der Waals surface area (Å²) in [5.41, 5.74) is 2.07. The number of amides is 2. The highest BCUT2D eigenvalue weighted by Gasteiger charge is 2.29. The molecule has 1 unspecified atom stereocenters. The van der Waals surface area contributed by atoms with E-state index in [4.69, 9.17) is 16.0 Å². The first kappa shape index (κ1) is 18.3. The van der Waals surface area contributed by atoms with Crippen LogP contribution in [0, 0.1) is 5.92 Å². The number of anilines is 1. The third-order valence-electron chi connectivity index (χ3n) is 4.86. The van der Waals surface area contributed by atoms with Crippen molar-refractivity contribution in [2.24, 2.45) is 5.92 Å². The summed E-state index contributed by atoms with van der Waals surface area (Å²) in [6.07, 6.45) is 1.46. The number of oxazole rings is 1. The molecule has 1 atom stereocenters. The van der Waals surface area contributed by atoms with E-state index in [1.54, 1.807) is 47.4 Å². The van der Waals surface area contributed by atoms with Crippen LogP contribution in [-0.4, -0.2) is 34.8 Å². The zero-order valence-electron chi connectivity index (χ0n) is 14.9. The average molecular weight is 400 g/mol. The molecule has 2 N–H and O–H groups in total. The van der Waals surface area contributed by atoms with Gasteiger partial charge in [0.05, 0.1) is 11.4 Å². The fourth-order valence-corrected chi connectivity index (χ4v) is 3.55. The van der Waals surface area contributed by atoms with Crippen molar-refractivity contribution < 1.29 is 14.0 Å². The van der Waals surface area contributed by atoms with Crippen LogP contribution in [0.5, 0.6) is 0 Å². The molecule has 1 aromatic heterocycles. The number of carbonyl (C=O) groups excluding carboxylic acids is 2. The minimum absolute atomic E-state index is 0.105. The van der Waals surface area contributed by atoms with Crippen LogP contribution in [0.15, 0.2) is 51.7 Å². The van der Waals surface area contributed by atoms with Gasteiger partial charge in [0.2, 0.25) is 5.91 Å². The van der Waals surface area contributed by atoms with Crippen molar-refractivity contribution in [3.8, 4) is 0 Å². The molecule has 0 radical (unpaired) electrons. The van der Waals surface area contributed by atoms with Gasteiger partial charge in [-0.2, -0.15) is 0 Å². The van der Waals surface area contributed by atoms with Gasteiger partial charge in [0.15, 0.2) is 5.58 Å². The van der Waals surface area contributed by atoms with Gasteiger partial charge in [-0.15, -0.1) is 0 Å². The van der Waals surface area contributed by atoms with E-state index in [9.17, 15) is 14.4 Å². The largest absolute Gasteiger partial charge is 0.417 e. The Morgan fingerprint density at radius 2 is 1.96 bits per heavy atom. The fourth-order valence-electron chi connectivity index (χ4n) is 3.42. The SMILES string of the molecule is O=C(Nc1ccc2oc(=O)[nH]c2c1)C1CCCN(C(=O)c2ccc(Cl)cc2)C1. The number of likely N-dealkylation sites (tertiary alicyclic amines) is 1. The van der Waals surface area contributed by atoms with Gasteiger partial charge >= 0.3 is 5.76 Å². The molecule has 1 saturated heterocycles. The number of fused-ring (bicyclic) bond motifs is 1. The number of rotatable bonds is 3. The Balaban J connectivity index is 1.44. The lowest BCUT2D eigenvalue weighted by molar-refractivity contribution is -0.121. The van der Waals surface area contributed by atoms with Crippen LogP contribution in [0.3, 0.4) is 0 Å². The molecule has 1 fully saturated rings. The summed E-state index contributed by atoms with van der Waals surface area (Å²) in [6.45, 7) is 0.978. The molecule has 0 spiro atoms. The second kappa shape index (κ2) is 7.52. The third-order valence-corrected chi connectivity index (χ3v) is 5.11. The lowest BCUT2D eigenvalue weighted by Gasteiger charge is -2.32. The molecule has 8 heteroatoms. The molecular weight excluding hydrogens is 382 g/mol. The Hall–Kier alpha value is -3.06. The van der Waals surface area contributed by atoms with Gasteiger partial charge in [-0.3, -0.25) is 14.6 Å². The van der Waals surface area contributed by atoms with Gasteiger partial charge in [0.25, 0.3) is 5.91 Å². The Bertz CT molecular complexity index is 1090. The lowest BCUT2D eigenvalue weighted by Crippen LogP contribution is -2.43. The summed E-state index contributed by atoms with van der Waals surface area (Å²) >= 11 is 5.88. The molecule has 144 valence electrons. The van der Waals surface area contributed by atoms with Crippen molar-refractivity contribution in [2.45, 2.75) is 12.8 Å². The van der Waals surface area contributed by atoms with E-state index in [-0.39, 0.29) is 17.7 Å². The molecule has 0 bridgehead atoms. The van der Waals surface area contributed by atoms with Crippen molar-refractivity contribution in [1.82, 2.24) is 9.88 Å². The zero-order chi connectivity index (χ0) is 19.7. The van der Waals surface area contributed by atoms with Gasteiger partial charge in [-0.1, -0.05) is 11.6 Å². The second-order valence-corrected chi connectivity index (χ2v) is 7.25. The number of nitrogens with one attached hydrogen (secondary N) is 2. The number of hydrogen-bond donors (Lipinski definition) is 2. The number of nitrogens with zero attached hydrogens (tertiary/aromatic N) is 1. The van der Waals surface area contributed by atoms with E-state index < -0.39 is 5.76 Å². The van der Waals surface area contributed by atoms with Gasteiger partial charge in [-0.25, -0.2) is 4.79 Å². The number of aromatic amines is 1. The maximum atomic E-state index is 12.7. The second-order valence-electron chi connectivity index (χ2n) is 6.81. The zero-order valence-corrected chi connectivity index (χ0v) is 15.7. The molecule has 0 saturated carbocycles. The van der Waals surface area contributed by atoms with Crippen LogP contribution in [0.1, 0.15) is 23.2 Å². The predicted octanol–water partition coefficient (Wildman–Crippen LogP) is 3.27. The summed E-state index contributed by atoms with van der Waals surface area (Å²) in [4.78, 5) is 40.9. The lowest BCUT2D eigenvalue weighted by atomic mass is 9.96. The van der Waals surface area contributed by atoms with Crippen molar-refractivity contribution in [2.75, 3.05) is 18.4 Å². The van der Waals surface area contributed by atoms with E-state index >= 15 is 0 Å². The summed E-state index contributed by atoms with van der Waals surface area (Å²) in [7, 11) is 0. The molecule has 7 nitrogen and oxygen atoms in total. The Morgan fingerprint density at radius 3 is 2.75 bits per heavy atom. The Labute approximate surface area is 165 Å². The summed E-state index contributed by atoms with van der Waals surface area (Å²) < 4.78 is 4.96. The molecule has 2 amide bonds. The molecule has 3 aromatic rings. The van der Waals surface area contributed by atoms with E-state index in [0.29, 0.717) is 46.9 Å². The Morgan fingerprint density at radius 1 is 1.18 bits per heavy atom. The van der Waals surface area contributed by atoms with Crippen LogP contribution in [0.25, 0.3) is 11.1 Å². The van der Waals surface area contributed by atoms with Crippen LogP contribution in [-0.2, 0) is 4.79 Å². The Kier molecular flexibility index (Phi) is 4.92. The number of halogens is 1. The molecule has 28 heavy (non-hydrogen) atoms. The van der Waals surface area contributed by atoms with Gasteiger partial charge in [0, 0.05) is 29.4 Å². The first-order valence-corrected chi connectivity index (χ1v) is 9.36. The molecule has 0 aliphatic carbocycles. The fraction of sp³-hybridized carbons (Fsp3) is 0.250. The number of carbonyl (C=O) groups is 2.